The van der Waals surface area contributed by atoms with Crippen molar-refractivity contribution in [1.82, 2.24) is 4.98 Å². The molecule has 2 rings (SSSR count). The minimum absolute atomic E-state index is 0.0142. The molecule has 1 heterocycles. The smallest absolute Gasteiger partial charge is 0.257 e. The second-order valence-corrected chi connectivity index (χ2v) is 4.58. The van der Waals surface area contributed by atoms with Crippen molar-refractivity contribution in [1.29, 1.82) is 0 Å². The van der Waals surface area contributed by atoms with Crippen molar-refractivity contribution in [3.63, 3.8) is 0 Å². The van der Waals surface area contributed by atoms with E-state index in [9.17, 15) is 13.6 Å². The number of thiazole rings is 1. The molecule has 0 aliphatic rings. The van der Waals surface area contributed by atoms with Crippen molar-refractivity contribution in [2.24, 2.45) is 0 Å². The number of anilines is 2. The molecule has 0 fully saturated rings. The Balaban J connectivity index is 2.19. The Morgan fingerprint density at radius 3 is 2.67 bits per heavy atom. The number of rotatable bonds is 2. The van der Waals surface area contributed by atoms with Gasteiger partial charge in [-0.3, -0.25) is 10.1 Å². The Kier molecular flexibility index (Phi) is 3.24. The summed E-state index contributed by atoms with van der Waals surface area (Å²) in [7, 11) is 0. The standard InChI is InChI=1S/C11H9F2N3OS/c1-5-9(14)18-11(15-5)16-10(17)6-2-3-7(12)8(13)4-6/h2-4H,14H2,1H3,(H,15,16,17). The molecule has 7 heteroatoms. The van der Waals surface area contributed by atoms with Crippen LogP contribution >= 0.6 is 11.3 Å². The lowest BCUT2D eigenvalue weighted by molar-refractivity contribution is 0.102. The fraction of sp³-hybridized carbons (Fsp3) is 0.0909. The molecule has 94 valence electrons. The molecule has 0 saturated heterocycles. The largest absolute Gasteiger partial charge is 0.389 e. The van der Waals surface area contributed by atoms with Gasteiger partial charge in [0.15, 0.2) is 16.8 Å². The van der Waals surface area contributed by atoms with Gasteiger partial charge >= 0.3 is 0 Å². The monoisotopic (exact) mass is 269 g/mol. The van der Waals surface area contributed by atoms with Gasteiger partial charge in [-0.15, -0.1) is 0 Å². The molecule has 18 heavy (non-hydrogen) atoms. The SMILES string of the molecule is Cc1nc(NC(=O)c2ccc(F)c(F)c2)sc1N. The summed E-state index contributed by atoms with van der Waals surface area (Å²) in [6.07, 6.45) is 0. The van der Waals surface area contributed by atoms with E-state index in [-0.39, 0.29) is 5.56 Å². The Hall–Kier alpha value is -2.02. The molecule has 1 amide bonds. The maximum Gasteiger partial charge on any atom is 0.257 e. The maximum absolute atomic E-state index is 13.0. The molecule has 0 radical (unpaired) electrons. The molecule has 0 unspecified atom stereocenters. The van der Waals surface area contributed by atoms with Crippen LogP contribution in [0.3, 0.4) is 0 Å². The highest BCUT2D eigenvalue weighted by Crippen LogP contribution is 2.24. The number of carbonyl (C=O) groups is 1. The second-order valence-electron chi connectivity index (χ2n) is 3.55. The zero-order valence-corrected chi connectivity index (χ0v) is 10.1. The van der Waals surface area contributed by atoms with Crippen molar-refractivity contribution in [3.05, 3.63) is 41.1 Å². The lowest BCUT2D eigenvalue weighted by Gasteiger charge is -2.01. The Labute approximate surface area is 105 Å². The number of hydrogen-bond donors (Lipinski definition) is 2. The number of halogens is 2. The van der Waals surface area contributed by atoms with E-state index in [0.29, 0.717) is 15.8 Å². The summed E-state index contributed by atoms with van der Waals surface area (Å²) >= 11 is 1.11. The molecule has 1 aromatic heterocycles. The number of carbonyl (C=O) groups excluding carboxylic acids is 1. The van der Waals surface area contributed by atoms with Crippen molar-refractivity contribution in [2.45, 2.75) is 6.92 Å². The van der Waals surface area contributed by atoms with Gasteiger partial charge in [0.2, 0.25) is 0 Å². The van der Waals surface area contributed by atoms with Crippen LogP contribution in [0.2, 0.25) is 0 Å². The first-order chi connectivity index (χ1) is 8.47. The predicted octanol–water partition coefficient (Wildman–Crippen LogP) is 2.56. The lowest BCUT2D eigenvalue weighted by atomic mass is 10.2. The van der Waals surface area contributed by atoms with E-state index in [0.717, 1.165) is 23.5 Å². The molecule has 0 aliphatic carbocycles. The van der Waals surface area contributed by atoms with Crippen molar-refractivity contribution >= 4 is 27.4 Å². The van der Waals surface area contributed by atoms with Gasteiger partial charge in [-0.2, -0.15) is 0 Å². The van der Waals surface area contributed by atoms with E-state index in [1.54, 1.807) is 6.92 Å². The Morgan fingerprint density at radius 1 is 1.39 bits per heavy atom. The van der Waals surface area contributed by atoms with Crippen LogP contribution in [0.4, 0.5) is 18.9 Å². The first-order valence-electron chi connectivity index (χ1n) is 4.96. The third-order valence-corrected chi connectivity index (χ3v) is 3.14. The zero-order valence-electron chi connectivity index (χ0n) is 9.33. The van der Waals surface area contributed by atoms with Gasteiger partial charge in [0.25, 0.3) is 5.91 Å². The number of aromatic nitrogens is 1. The fourth-order valence-corrected chi connectivity index (χ4v) is 2.00. The molecule has 0 aliphatic heterocycles. The quantitative estimate of drug-likeness (QED) is 0.880. The van der Waals surface area contributed by atoms with Gasteiger partial charge in [-0.1, -0.05) is 11.3 Å². The third-order valence-electron chi connectivity index (χ3n) is 2.23. The highest BCUT2D eigenvalue weighted by atomic mass is 32.1. The summed E-state index contributed by atoms with van der Waals surface area (Å²) in [6.45, 7) is 1.71. The van der Waals surface area contributed by atoms with Crippen LogP contribution in [0, 0.1) is 18.6 Å². The van der Waals surface area contributed by atoms with Gasteiger partial charge in [0, 0.05) is 5.56 Å². The second kappa shape index (κ2) is 4.69. The van der Waals surface area contributed by atoms with Crippen LogP contribution in [0.25, 0.3) is 0 Å². The van der Waals surface area contributed by atoms with Crippen LogP contribution < -0.4 is 11.1 Å². The number of nitrogen functional groups attached to an aromatic ring is 1. The van der Waals surface area contributed by atoms with E-state index in [1.165, 1.54) is 6.07 Å². The normalized spacial score (nSPS) is 10.4. The van der Waals surface area contributed by atoms with Crippen LogP contribution in [0.5, 0.6) is 0 Å². The zero-order chi connectivity index (χ0) is 13.3. The van der Waals surface area contributed by atoms with E-state index >= 15 is 0 Å². The van der Waals surface area contributed by atoms with Gasteiger partial charge in [0.1, 0.15) is 5.00 Å². The van der Waals surface area contributed by atoms with Gasteiger partial charge in [0.05, 0.1) is 5.69 Å². The molecular formula is C11H9F2N3OS. The first kappa shape index (κ1) is 12.4. The van der Waals surface area contributed by atoms with E-state index in [4.69, 9.17) is 5.73 Å². The van der Waals surface area contributed by atoms with Crippen LogP contribution in [0.15, 0.2) is 18.2 Å². The average Bonchev–Trinajstić information content (AvgIpc) is 2.61. The third kappa shape index (κ3) is 2.45. The number of nitrogens with zero attached hydrogens (tertiary/aromatic N) is 1. The van der Waals surface area contributed by atoms with Crippen molar-refractivity contribution < 1.29 is 13.6 Å². The first-order valence-corrected chi connectivity index (χ1v) is 5.78. The highest BCUT2D eigenvalue weighted by Gasteiger charge is 2.12. The summed E-state index contributed by atoms with van der Waals surface area (Å²) in [4.78, 5) is 15.7. The van der Waals surface area contributed by atoms with Crippen molar-refractivity contribution in [2.75, 3.05) is 11.1 Å². The van der Waals surface area contributed by atoms with Gasteiger partial charge in [-0.05, 0) is 25.1 Å². The average molecular weight is 269 g/mol. The number of nitrogens with two attached hydrogens (primary N) is 1. The molecule has 0 atom stereocenters. The minimum Gasteiger partial charge on any atom is -0.389 e. The minimum atomic E-state index is -1.07. The predicted molar refractivity (Wildman–Crippen MR) is 65.6 cm³/mol. The molecule has 1 aromatic carbocycles. The molecule has 0 bridgehead atoms. The van der Waals surface area contributed by atoms with Crippen molar-refractivity contribution in [3.8, 4) is 0 Å². The summed E-state index contributed by atoms with van der Waals surface area (Å²) in [6, 6.07) is 2.91. The summed E-state index contributed by atoms with van der Waals surface area (Å²) in [5.41, 5.74) is 6.22. The van der Waals surface area contributed by atoms with Crippen LogP contribution in [-0.4, -0.2) is 10.9 Å². The van der Waals surface area contributed by atoms with E-state index in [1.807, 2.05) is 0 Å². The summed E-state index contributed by atoms with van der Waals surface area (Å²) in [5.74, 6) is -2.64. The number of aryl methyl sites for hydroxylation is 1. The molecule has 2 aromatic rings. The van der Waals surface area contributed by atoms with E-state index < -0.39 is 17.5 Å². The maximum atomic E-state index is 13.0. The lowest BCUT2D eigenvalue weighted by Crippen LogP contribution is -2.12. The molecule has 4 nitrogen and oxygen atoms in total. The van der Waals surface area contributed by atoms with Gasteiger partial charge in [-0.25, -0.2) is 13.8 Å². The summed E-state index contributed by atoms with van der Waals surface area (Å²) in [5, 5.41) is 3.28. The molecular weight excluding hydrogens is 260 g/mol. The molecule has 0 saturated carbocycles. The van der Waals surface area contributed by atoms with Crippen LogP contribution in [0.1, 0.15) is 16.1 Å². The molecule has 0 spiro atoms. The number of hydrogen-bond acceptors (Lipinski definition) is 4. The van der Waals surface area contributed by atoms with Gasteiger partial charge < -0.3 is 5.73 Å². The Morgan fingerprint density at radius 2 is 2.11 bits per heavy atom. The summed E-state index contributed by atoms with van der Waals surface area (Å²) < 4.78 is 25.7. The number of nitrogens with one attached hydrogen (secondary N) is 1. The topological polar surface area (TPSA) is 68.0 Å². The Bertz CT molecular complexity index is 593. The fourth-order valence-electron chi connectivity index (χ4n) is 1.27. The highest BCUT2D eigenvalue weighted by molar-refractivity contribution is 7.19. The number of amides is 1. The number of benzene rings is 1. The molecule has 3 N–H and O–H groups in total. The van der Waals surface area contributed by atoms with Crippen LogP contribution in [-0.2, 0) is 0 Å². The van der Waals surface area contributed by atoms with E-state index in [2.05, 4.69) is 10.3 Å².